The van der Waals surface area contributed by atoms with Crippen LogP contribution in [0.5, 0.6) is 0 Å². The topological polar surface area (TPSA) is 101 Å². The van der Waals surface area contributed by atoms with Gasteiger partial charge in [-0.15, -0.1) is 0 Å². The molecule has 8 nitrogen and oxygen atoms in total. The molecule has 0 aliphatic carbocycles. The Morgan fingerprint density at radius 2 is 2.11 bits per heavy atom. The second kappa shape index (κ2) is 6.86. The average molecular weight is 368 g/mol. The molecular formula is C19H20N4O4. The highest BCUT2D eigenvalue weighted by Crippen LogP contribution is 2.30. The first-order valence-corrected chi connectivity index (χ1v) is 8.93. The number of fused-ring (bicyclic) bond motifs is 1. The normalized spacial score (nSPS) is 17.3. The lowest BCUT2D eigenvalue weighted by atomic mass is 10.0. The molecular weight excluding hydrogens is 348 g/mol. The van der Waals surface area contributed by atoms with E-state index in [1.54, 1.807) is 24.0 Å². The van der Waals surface area contributed by atoms with Gasteiger partial charge < -0.3 is 19.2 Å². The van der Waals surface area contributed by atoms with Gasteiger partial charge in [-0.3, -0.25) is 0 Å². The van der Waals surface area contributed by atoms with Gasteiger partial charge >= 0.3 is 11.7 Å². The molecule has 0 bridgehead atoms. The molecule has 1 N–H and O–H groups in total. The molecule has 1 atom stereocenters. The Bertz CT molecular complexity index is 1060. The molecule has 1 fully saturated rings. The third-order valence-corrected chi connectivity index (χ3v) is 4.79. The van der Waals surface area contributed by atoms with E-state index in [4.69, 9.17) is 8.94 Å². The highest BCUT2D eigenvalue weighted by Gasteiger charge is 2.32. The number of rotatable bonds is 2. The van der Waals surface area contributed by atoms with Crippen LogP contribution in [0.25, 0.3) is 11.0 Å². The van der Waals surface area contributed by atoms with Crippen molar-refractivity contribution in [1.29, 1.82) is 0 Å². The SMILES string of the molecule is Cc1noc([C@@H]2CCCCN2C(=O)Nc2ccc3c(C)cc(=O)oc3c2)n1. The van der Waals surface area contributed by atoms with Crippen LogP contribution in [0.15, 0.2) is 38.0 Å². The van der Waals surface area contributed by atoms with Crippen LogP contribution in [0, 0.1) is 13.8 Å². The molecule has 4 rings (SSSR count). The van der Waals surface area contributed by atoms with Gasteiger partial charge in [0.05, 0.1) is 0 Å². The maximum absolute atomic E-state index is 12.9. The minimum absolute atomic E-state index is 0.236. The number of amides is 2. The monoisotopic (exact) mass is 368 g/mol. The number of hydrogen-bond donors (Lipinski definition) is 1. The molecule has 2 amide bonds. The lowest BCUT2D eigenvalue weighted by Gasteiger charge is -2.33. The molecule has 0 spiro atoms. The van der Waals surface area contributed by atoms with Crippen LogP contribution in [-0.4, -0.2) is 27.6 Å². The Balaban J connectivity index is 1.58. The summed E-state index contributed by atoms with van der Waals surface area (Å²) in [6.07, 6.45) is 2.69. The quantitative estimate of drug-likeness (QED) is 0.694. The van der Waals surface area contributed by atoms with E-state index < -0.39 is 5.63 Å². The van der Waals surface area contributed by atoms with E-state index in [1.807, 2.05) is 13.0 Å². The van der Waals surface area contributed by atoms with Crippen molar-refractivity contribution in [3.05, 3.63) is 52.0 Å². The summed E-state index contributed by atoms with van der Waals surface area (Å²) in [6, 6.07) is 6.26. The van der Waals surface area contributed by atoms with Crippen LogP contribution < -0.4 is 10.9 Å². The molecule has 3 heterocycles. The van der Waals surface area contributed by atoms with E-state index >= 15 is 0 Å². The number of urea groups is 1. The van der Waals surface area contributed by atoms with Gasteiger partial charge in [-0.1, -0.05) is 5.16 Å². The van der Waals surface area contributed by atoms with Crippen molar-refractivity contribution in [2.45, 2.75) is 39.2 Å². The fourth-order valence-electron chi connectivity index (χ4n) is 3.48. The summed E-state index contributed by atoms with van der Waals surface area (Å²) in [7, 11) is 0. The fraction of sp³-hybridized carbons (Fsp3) is 0.368. The molecule has 0 unspecified atom stereocenters. The number of piperidine rings is 1. The zero-order valence-corrected chi connectivity index (χ0v) is 15.2. The van der Waals surface area contributed by atoms with Crippen LogP contribution in [0.1, 0.15) is 42.6 Å². The number of hydrogen-bond acceptors (Lipinski definition) is 6. The summed E-state index contributed by atoms with van der Waals surface area (Å²) in [6.45, 7) is 4.22. The number of anilines is 1. The van der Waals surface area contributed by atoms with Gasteiger partial charge in [-0.05, 0) is 50.8 Å². The summed E-state index contributed by atoms with van der Waals surface area (Å²) in [5, 5.41) is 7.56. The zero-order valence-electron chi connectivity index (χ0n) is 15.2. The minimum atomic E-state index is -0.411. The maximum Gasteiger partial charge on any atom is 0.336 e. The molecule has 8 heteroatoms. The van der Waals surface area contributed by atoms with Gasteiger partial charge in [0.15, 0.2) is 5.82 Å². The second-order valence-electron chi connectivity index (χ2n) is 6.77. The Labute approximate surface area is 155 Å². The predicted molar refractivity (Wildman–Crippen MR) is 98.6 cm³/mol. The maximum atomic E-state index is 12.9. The van der Waals surface area contributed by atoms with Crippen molar-refractivity contribution in [1.82, 2.24) is 15.0 Å². The van der Waals surface area contributed by atoms with Crippen molar-refractivity contribution in [3.63, 3.8) is 0 Å². The Morgan fingerprint density at radius 3 is 2.89 bits per heavy atom. The fourth-order valence-corrected chi connectivity index (χ4v) is 3.48. The first kappa shape index (κ1) is 17.3. The highest BCUT2D eigenvalue weighted by molar-refractivity contribution is 5.92. The van der Waals surface area contributed by atoms with Gasteiger partial charge in [-0.25, -0.2) is 9.59 Å². The van der Waals surface area contributed by atoms with Gasteiger partial charge in [0.2, 0.25) is 5.89 Å². The Hall–Kier alpha value is -3.16. The third kappa shape index (κ3) is 3.42. The number of likely N-dealkylation sites (tertiary alicyclic amines) is 1. The number of carbonyl (C=O) groups is 1. The number of nitrogens with one attached hydrogen (secondary N) is 1. The number of carbonyl (C=O) groups excluding carboxylic acids is 1. The van der Waals surface area contributed by atoms with Crippen LogP contribution in [0.4, 0.5) is 10.5 Å². The van der Waals surface area contributed by atoms with Crippen LogP contribution in [0.2, 0.25) is 0 Å². The van der Waals surface area contributed by atoms with Crippen molar-refractivity contribution in [2.75, 3.05) is 11.9 Å². The van der Waals surface area contributed by atoms with Gasteiger partial charge in [0, 0.05) is 29.8 Å². The highest BCUT2D eigenvalue weighted by atomic mass is 16.5. The van der Waals surface area contributed by atoms with Gasteiger partial charge in [0.25, 0.3) is 0 Å². The van der Waals surface area contributed by atoms with E-state index in [0.717, 1.165) is 30.2 Å². The molecule has 1 aromatic carbocycles. The summed E-state index contributed by atoms with van der Waals surface area (Å²) in [5.74, 6) is 1.01. The summed E-state index contributed by atoms with van der Waals surface area (Å²) in [4.78, 5) is 30.5. The zero-order chi connectivity index (χ0) is 19.0. The predicted octanol–water partition coefficient (Wildman–Crippen LogP) is 3.55. The minimum Gasteiger partial charge on any atom is -0.423 e. The van der Waals surface area contributed by atoms with E-state index in [1.165, 1.54) is 6.07 Å². The van der Waals surface area contributed by atoms with Crippen molar-refractivity contribution >= 4 is 22.7 Å². The third-order valence-electron chi connectivity index (χ3n) is 4.79. The number of benzene rings is 1. The van der Waals surface area contributed by atoms with E-state index in [0.29, 0.717) is 29.5 Å². The Kier molecular flexibility index (Phi) is 4.39. The molecule has 1 saturated heterocycles. The largest absolute Gasteiger partial charge is 0.423 e. The summed E-state index contributed by atoms with van der Waals surface area (Å²) < 4.78 is 10.5. The smallest absolute Gasteiger partial charge is 0.336 e. The van der Waals surface area contributed by atoms with Gasteiger partial charge in [-0.2, -0.15) is 4.98 Å². The van der Waals surface area contributed by atoms with Crippen molar-refractivity contribution in [2.24, 2.45) is 0 Å². The van der Waals surface area contributed by atoms with E-state index in [9.17, 15) is 9.59 Å². The lowest BCUT2D eigenvalue weighted by molar-refractivity contribution is 0.142. The molecule has 0 saturated carbocycles. The van der Waals surface area contributed by atoms with Crippen LogP contribution in [-0.2, 0) is 0 Å². The molecule has 2 aromatic heterocycles. The van der Waals surface area contributed by atoms with Crippen molar-refractivity contribution < 1.29 is 13.7 Å². The van der Waals surface area contributed by atoms with Crippen LogP contribution >= 0.6 is 0 Å². The molecule has 140 valence electrons. The van der Waals surface area contributed by atoms with Crippen molar-refractivity contribution in [3.8, 4) is 0 Å². The number of aryl methyl sites for hydroxylation is 2. The summed E-state index contributed by atoms with van der Waals surface area (Å²) in [5.41, 5.74) is 1.43. The molecule has 1 aliphatic rings. The molecule has 3 aromatic rings. The second-order valence-corrected chi connectivity index (χ2v) is 6.77. The lowest BCUT2D eigenvalue weighted by Crippen LogP contribution is -2.41. The molecule has 0 radical (unpaired) electrons. The van der Waals surface area contributed by atoms with Gasteiger partial charge in [0.1, 0.15) is 11.6 Å². The first-order chi connectivity index (χ1) is 13.0. The van der Waals surface area contributed by atoms with Crippen LogP contribution in [0.3, 0.4) is 0 Å². The standard InChI is InChI=1S/C19H20N4O4/c1-11-9-17(24)26-16-10-13(6-7-14(11)16)21-19(25)23-8-4-3-5-15(23)18-20-12(2)22-27-18/h6-7,9-10,15H,3-5,8H2,1-2H3,(H,21,25)/t15-/m0/s1. The summed E-state index contributed by atoms with van der Waals surface area (Å²) >= 11 is 0. The molecule has 27 heavy (non-hydrogen) atoms. The van der Waals surface area contributed by atoms with E-state index in [2.05, 4.69) is 15.5 Å². The number of aromatic nitrogens is 2. The molecule has 1 aliphatic heterocycles. The van der Waals surface area contributed by atoms with E-state index in [-0.39, 0.29) is 12.1 Å². The average Bonchev–Trinajstić information content (AvgIpc) is 3.07. The number of nitrogens with zero attached hydrogens (tertiary/aromatic N) is 3. The Morgan fingerprint density at radius 1 is 1.26 bits per heavy atom. The first-order valence-electron chi connectivity index (χ1n) is 8.93.